The number of carbonyl (C=O) groups excluding carboxylic acids is 1. The van der Waals surface area contributed by atoms with Gasteiger partial charge in [0.2, 0.25) is 5.91 Å². The summed E-state index contributed by atoms with van der Waals surface area (Å²) in [7, 11) is -3.78. The van der Waals surface area contributed by atoms with Crippen molar-refractivity contribution in [2.75, 3.05) is 16.2 Å². The van der Waals surface area contributed by atoms with Crippen molar-refractivity contribution < 1.29 is 13.2 Å². The first-order valence-electron chi connectivity index (χ1n) is 10.5. The predicted molar refractivity (Wildman–Crippen MR) is 124 cm³/mol. The molecule has 0 bridgehead atoms. The van der Waals surface area contributed by atoms with Crippen molar-refractivity contribution in [3.05, 3.63) is 89.5 Å². The first kappa shape index (κ1) is 21.6. The zero-order chi connectivity index (χ0) is 22.6. The van der Waals surface area contributed by atoms with Gasteiger partial charge in [0, 0.05) is 13.0 Å². The molecule has 1 N–H and O–H groups in total. The van der Waals surface area contributed by atoms with Crippen LogP contribution >= 0.6 is 0 Å². The van der Waals surface area contributed by atoms with E-state index in [-0.39, 0.29) is 17.2 Å². The summed E-state index contributed by atoms with van der Waals surface area (Å²) in [6, 6.07) is 23.0. The Kier molecular flexibility index (Phi) is 6.24. The molecule has 0 saturated heterocycles. The van der Waals surface area contributed by atoms with Crippen LogP contribution in [0.15, 0.2) is 77.7 Å². The van der Waals surface area contributed by atoms with Crippen LogP contribution in [0.4, 0.5) is 11.4 Å². The van der Waals surface area contributed by atoms with Crippen molar-refractivity contribution >= 4 is 27.3 Å². The normalized spacial score (nSPS) is 13.2. The number of aryl methyl sites for hydroxylation is 2. The molecule has 0 spiro atoms. The van der Waals surface area contributed by atoms with E-state index in [0.717, 1.165) is 24.0 Å². The molecule has 1 heterocycles. The molecule has 3 aromatic carbocycles. The maximum atomic E-state index is 13.2. The van der Waals surface area contributed by atoms with Crippen molar-refractivity contribution in [2.24, 2.45) is 0 Å². The Hall–Kier alpha value is -3.63. The molecule has 0 radical (unpaired) electrons. The molecule has 0 atom stereocenters. The van der Waals surface area contributed by atoms with Crippen LogP contribution in [0.25, 0.3) is 0 Å². The molecular formula is C25H23N3O3S. The molecule has 1 aliphatic heterocycles. The van der Waals surface area contributed by atoms with Crippen LogP contribution in [0.3, 0.4) is 0 Å². The summed E-state index contributed by atoms with van der Waals surface area (Å²) in [6.45, 7) is 0.536. The fourth-order valence-corrected chi connectivity index (χ4v) is 5.06. The summed E-state index contributed by atoms with van der Waals surface area (Å²) >= 11 is 0. The summed E-state index contributed by atoms with van der Waals surface area (Å²) in [5.74, 6) is -0.0698. The zero-order valence-electron chi connectivity index (χ0n) is 17.5. The Balaban J connectivity index is 1.58. The Morgan fingerprint density at radius 2 is 1.81 bits per heavy atom. The molecule has 1 amide bonds. The lowest BCUT2D eigenvalue weighted by Crippen LogP contribution is -2.36. The highest BCUT2D eigenvalue weighted by Crippen LogP contribution is 2.36. The quantitative estimate of drug-likeness (QED) is 0.613. The number of rotatable bonds is 6. The molecule has 6 nitrogen and oxygen atoms in total. The van der Waals surface area contributed by atoms with Crippen LogP contribution < -0.4 is 9.62 Å². The smallest absolute Gasteiger partial charge is 0.261 e. The van der Waals surface area contributed by atoms with E-state index in [1.54, 1.807) is 41.3 Å². The minimum absolute atomic E-state index is 0.0698. The number of para-hydroxylation sites is 1. The molecule has 0 saturated carbocycles. The van der Waals surface area contributed by atoms with Gasteiger partial charge in [-0.15, -0.1) is 0 Å². The summed E-state index contributed by atoms with van der Waals surface area (Å²) in [5, 5.41) is 9.08. The van der Waals surface area contributed by atoms with Crippen LogP contribution in [0.1, 0.15) is 29.5 Å². The minimum atomic E-state index is -3.78. The van der Waals surface area contributed by atoms with Gasteiger partial charge in [0.15, 0.2) is 0 Å². The van der Waals surface area contributed by atoms with Gasteiger partial charge in [-0.25, -0.2) is 8.42 Å². The monoisotopic (exact) mass is 445 g/mol. The first-order valence-corrected chi connectivity index (χ1v) is 12.0. The van der Waals surface area contributed by atoms with E-state index in [0.29, 0.717) is 29.9 Å². The summed E-state index contributed by atoms with van der Waals surface area (Å²) in [5.41, 5.74) is 3.48. The molecule has 32 heavy (non-hydrogen) atoms. The third kappa shape index (κ3) is 4.66. The van der Waals surface area contributed by atoms with Gasteiger partial charge < -0.3 is 4.90 Å². The molecule has 0 fully saturated rings. The lowest BCUT2D eigenvalue weighted by molar-refractivity contribution is -0.118. The molecule has 0 unspecified atom stereocenters. The van der Waals surface area contributed by atoms with Crippen molar-refractivity contribution in [1.29, 1.82) is 5.26 Å². The molecule has 0 aliphatic carbocycles. The number of sulfonamides is 1. The number of nitrogens with one attached hydrogen (secondary N) is 1. The fourth-order valence-electron chi connectivity index (χ4n) is 3.97. The second kappa shape index (κ2) is 9.25. The Morgan fingerprint density at radius 3 is 2.59 bits per heavy atom. The minimum Gasteiger partial charge on any atom is -0.310 e. The third-order valence-corrected chi connectivity index (χ3v) is 6.88. The van der Waals surface area contributed by atoms with Crippen LogP contribution in [0.2, 0.25) is 0 Å². The fraction of sp³-hybridized carbons (Fsp3) is 0.200. The van der Waals surface area contributed by atoms with Gasteiger partial charge in [-0.05, 0) is 60.7 Å². The number of nitrogens with zero attached hydrogens (tertiary/aromatic N) is 2. The zero-order valence-corrected chi connectivity index (χ0v) is 18.3. The van der Waals surface area contributed by atoms with Crippen molar-refractivity contribution in [3.8, 4) is 6.07 Å². The number of anilines is 2. The van der Waals surface area contributed by atoms with E-state index in [4.69, 9.17) is 5.26 Å². The van der Waals surface area contributed by atoms with E-state index in [1.165, 1.54) is 12.1 Å². The number of fused-ring (bicyclic) bond motifs is 1. The largest absolute Gasteiger partial charge is 0.310 e. The van der Waals surface area contributed by atoms with Gasteiger partial charge >= 0.3 is 0 Å². The van der Waals surface area contributed by atoms with E-state index >= 15 is 0 Å². The number of carbonyl (C=O) groups is 1. The number of hydrogen-bond acceptors (Lipinski definition) is 4. The van der Waals surface area contributed by atoms with Crippen LogP contribution in [-0.2, 0) is 27.7 Å². The first-order chi connectivity index (χ1) is 15.5. The van der Waals surface area contributed by atoms with Crippen molar-refractivity contribution in [2.45, 2.75) is 30.6 Å². The molecule has 162 valence electrons. The highest BCUT2D eigenvalue weighted by atomic mass is 32.2. The van der Waals surface area contributed by atoms with E-state index in [9.17, 15) is 13.2 Å². The summed E-state index contributed by atoms with van der Waals surface area (Å²) in [4.78, 5) is 15.0. The van der Waals surface area contributed by atoms with Crippen LogP contribution in [0, 0.1) is 11.3 Å². The summed E-state index contributed by atoms with van der Waals surface area (Å²) < 4.78 is 28.5. The summed E-state index contributed by atoms with van der Waals surface area (Å²) in [6.07, 6.45) is 2.38. The Morgan fingerprint density at radius 1 is 1.03 bits per heavy atom. The van der Waals surface area contributed by atoms with Gasteiger partial charge in [-0.2, -0.15) is 5.26 Å². The van der Waals surface area contributed by atoms with Crippen LogP contribution in [-0.4, -0.2) is 20.9 Å². The van der Waals surface area contributed by atoms with Crippen molar-refractivity contribution in [3.63, 3.8) is 0 Å². The second-order valence-corrected chi connectivity index (χ2v) is 9.38. The number of nitriles is 1. The average Bonchev–Trinajstić information content (AvgIpc) is 2.83. The van der Waals surface area contributed by atoms with Gasteiger partial charge in [0.25, 0.3) is 10.0 Å². The maximum Gasteiger partial charge on any atom is 0.261 e. The second-order valence-electron chi connectivity index (χ2n) is 7.69. The lowest BCUT2D eigenvalue weighted by Gasteiger charge is -2.32. The highest BCUT2D eigenvalue weighted by molar-refractivity contribution is 7.92. The SMILES string of the molecule is N#Cc1cccc(CCC(=O)N2CCCc3cccc(NS(=O)(=O)c4ccccc4)c32)c1. The standard InChI is InChI=1S/C25H23N3O3S/c26-18-20-8-4-7-19(17-20)14-15-24(29)28-16-6-10-21-9-5-13-23(25(21)28)27-32(30,31)22-11-2-1-3-12-22/h1-5,7-9,11-13,17,27H,6,10,14-16H2. The Labute approximate surface area is 188 Å². The van der Waals surface area contributed by atoms with Gasteiger partial charge in [-0.3, -0.25) is 9.52 Å². The molecular weight excluding hydrogens is 422 g/mol. The molecule has 4 rings (SSSR count). The predicted octanol–water partition coefficient (Wildman–Crippen LogP) is 4.27. The van der Waals surface area contributed by atoms with Crippen LogP contribution in [0.5, 0.6) is 0 Å². The highest BCUT2D eigenvalue weighted by Gasteiger charge is 2.27. The molecule has 1 aliphatic rings. The van der Waals surface area contributed by atoms with Crippen molar-refractivity contribution in [1.82, 2.24) is 0 Å². The maximum absolute atomic E-state index is 13.2. The van der Waals surface area contributed by atoms with E-state index in [2.05, 4.69) is 10.8 Å². The molecule has 3 aromatic rings. The number of hydrogen-bond donors (Lipinski definition) is 1. The topological polar surface area (TPSA) is 90.3 Å². The van der Waals surface area contributed by atoms with E-state index < -0.39 is 10.0 Å². The average molecular weight is 446 g/mol. The molecule has 7 heteroatoms. The van der Waals surface area contributed by atoms with Gasteiger partial charge in [0.05, 0.1) is 27.9 Å². The van der Waals surface area contributed by atoms with E-state index in [1.807, 2.05) is 24.3 Å². The number of amides is 1. The lowest BCUT2D eigenvalue weighted by atomic mass is 9.99. The third-order valence-electron chi connectivity index (χ3n) is 5.50. The van der Waals surface area contributed by atoms with Gasteiger partial charge in [-0.1, -0.05) is 42.5 Å². The Bertz CT molecular complexity index is 1280. The number of benzene rings is 3. The molecule has 0 aromatic heterocycles. The van der Waals surface area contributed by atoms with Gasteiger partial charge in [0.1, 0.15) is 0 Å².